The van der Waals surface area contributed by atoms with Crippen LogP contribution in [0, 0.1) is 0 Å². The standard InChI is InChI=1S/C24H20N2O5/c27-22-18(23(28)29)11-25-21-9-10-26(12-19(21)22)24(30)31-13-20-16-7-3-1-5-14(16)15-6-2-4-8-17(15)20/h1-8,11,20H,9-10,12-13H2,(H,25,27)(H,28,29). The summed E-state index contributed by atoms with van der Waals surface area (Å²) in [5.41, 5.74) is 4.64. The van der Waals surface area contributed by atoms with Crippen LogP contribution in [0.5, 0.6) is 0 Å². The number of pyridine rings is 1. The lowest BCUT2D eigenvalue weighted by molar-refractivity contribution is 0.0694. The van der Waals surface area contributed by atoms with Crippen molar-refractivity contribution in [3.8, 4) is 11.1 Å². The minimum absolute atomic E-state index is 0.0302. The minimum Gasteiger partial charge on any atom is -0.477 e. The van der Waals surface area contributed by atoms with Crippen molar-refractivity contribution in [2.45, 2.75) is 18.9 Å². The Morgan fingerprint density at radius 2 is 1.71 bits per heavy atom. The van der Waals surface area contributed by atoms with Gasteiger partial charge in [-0.15, -0.1) is 0 Å². The number of ether oxygens (including phenoxy) is 1. The molecule has 2 N–H and O–H groups in total. The number of carboxylic acid groups (broad SMARTS) is 1. The van der Waals surface area contributed by atoms with Crippen LogP contribution in [0.15, 0.2) is 59.5 Å². The van der Waals surface area contributed by atoms with E-state index in [9.17, 15) is 19.5 Å². The number of nitrogens with zero attached hydrogens (tertiary/aromatic N) is 1. The molecular formula is C24H20N2O5. The van der Waals surface area contributed by atoms with Gasteiger partial charge in [0, 0.05) is 36.3 Å². The van der Waals surface area contributed by atoms with Gasteiger partial charge in [-0.3, -0.25) is 4.79 Å². The van der Waals surface area contributed by atoms with E-state index in [0.29, 0.717) is 24.2 Å². The van der Waals surface area contributed by atoms with Crippen molar-refractivity contribution in [2.75, 3.05) is 13.2 Å². The van der Waals surface area contributed by atoms with Gasteiger partial charge in [-0.2, -0.15) is 0 Å². The number of aromatic amines is 1. The summed E-state index contributed by atoms with van der Waals surface area (Å²) in [6, 6.07) is 16.2. The Bertz CT molecular complexity index is 1220. The number of H-pyrrole nitrogens is 1. The molecule has 0 bridgehead atoms. The summed E-state index contributed by atoms with van der Waals surface area (Å²) >= 11 is 0. The molecule has 7 nitrogen and oxygen atoms in total. The third-order valence-corrected chi connectivity index (χ3v) is 6.08. The fourth-order valence-electron chi connectivity index (χ4n) is 4.52. The fraction of sp³-hybridized carbons (Fsp3) is 0.208. The third-order valence-electron chi connectivity index (χ3n) is 6.08. The van der Waals surface area contributed by atoms with E-state index in [2.05, 4.69) is 29.2 Å². The molecule has 0 saturated heterocycles. The first-order valence-electron chi connectivity index (χ1n) is 10.1. The Morgan fingerprint density at radius 3 is 2.35 bits per heavy atom. The first-order chi connectivity index (χ1) is 15.0. The molecule has 2 aromatic carbocycles. The predicted molar refractivity (Wildman–Crippen MR) is 113 cm³/mol. The second-order valence-electron chi connectivity index (χ2n) is 7.77. The topological polar surface area (TPSA) is 99.7 Å². The second kappa shape index (κ2) is 7.43. The molecule has 7 heteroatoms. The zero-order valence-electron chi connectivity index (χ0n) is 16.6. The highest BCUT2D eigenvalue weighted by molar-refractivity contribution is 5.87. The summed E-state index contributed by atoms with van der Waals surface area (Å²) in [7, 11) is 0. The molecule has 3 aromatic rings. The van der Waals surface area contributed by atoms with Crippen LogP contribution in [0.4, 0.5) is 4.79 Å². The molecule has 0 saturated carbocycles. The van der Waals surface area contributed by atoms with Crippen molar-refractivity contribution in [3.05, 3.63) is 92.9 Å². The summed E-state index contributed by atoms with van der Waals surface area (Å²) in [5.74, 6) is -1.34. The number of rotatable bonds is 3. The maximum atomic E-state index is 12.8. The molecule has 5 rings (SSSR count). The molecule has 2 heterocycles. The second-order valence-corrected chi connectivity index (χ2v) is 7.77. The van der Waals surface area contributed by atoms with Gasteiger partial charge in [-0.05, 0) is 22.3 Å². The molecule has 31 heavy (non-hydrogen) atoms. The van der Waals surface area contributed by atoms with E-state index in [1.807, 2.05) is 24.3 Å². The lowest BCUT2D eigenvalue weighted by Gasteiger charge is -2.28. The van der Waals surface area contributed by atoms with Crippen molar-refractivity contribution in [2.24, 2.45) is 0 Å². The molecule has 0 unspecified atom stereocenters. The number of carbonyl (C=O) groups excluding carboxylic acids is 1. The van der Waals surface area contributed by atoms with Crippen molar-refractivity contribution < 1.29 is 19.4 Å². The number of benzene rings is 2. The lowest BCUT2D eigenvalue weighted by Crippen LogP contribution is -2.40. The van der Waals surface area contributed by atoms with Gasteiger partial charge in [-0.25, -0.2) is 9.59 Å². The molecule has 0 fully saturated rings. The van der Waals surface area contributed by atoms with Gasteiger partial charge < -0.3 is 19.7 Å². The highest BCUT2D eigenvalue weighted by Crippen LogP contribution is 2.44. The first-order valence-corrected chi connectivity index (χ1v) is 10.1. The minimum atomic E-state index is -1.29. The predicted octanol–water partition coefficient (Wildman–Crippen LogP) is 3.38. The van der Waals surface area contributed by atoms with Gasteiger partial charge in [0.25, 0.3) is 0 Å². The molecule has 0 spiro atoms. The maximum absolute atomic E-state index is 12.8. The number of carbonyl (C=O) groups is 2. The SMILES string of the molecule is O=C(O)c1c[nH]c2c(c1=O)CN(C(=O)OCC1c3ccccc3-c3ccccc31)CC2. The van der Waals surface area contributed by atoms with Crippen molar-refractivity contribution in [1.29, 1.82) is 0 Å². The van der Waals surface area contributed by atoms with E-state index in [-0.39, 0.29) is 24.6 Å². The molecule has 1 aromatic heterocycles. The molecule has 1 aliphatic carbocycles. The molecule has 0 atom stereocenters. The number of hydrogen-bond donors (Lipinski definition) is 2. The largest absolute Gasteiger partial charge is 0.477 e. The van der Waals surface area contributed by atoms with Crippen LogP contribution in [0.1, 0.15) is 38.7 Å². The summed E-state index contributed by atoms with van der Waals surface area (Å²) < 4.78 is 5.67. The van der Waals surface area contributed by atoms with E-state index >= 15 is 0 Å². The molecule has 0 radical (unpaired) electrons. The quantitative estimate of drug-likeness (QED) is 0.682. The zero-order chi connectivity index (χ0) is 21.5. The van der Waals surface area contributed by atoms with E-state index in [4.69, 9.17) is 4.74 Å². The van der Waals surface area contributed by atoms with Crippen molar-refractivity contribution in [3.63, 3.8) is 0 Å². The number of amides is 1. The summed E-state index contributed by atoms with van der Waals surface area (Å²) in [6.45, 7) is 0.621. The third kappa shape index (κ3) is 3.18. The highest BCUT2D eigenvalue weighted by Gasteiger charge is 2.31. The van der Waals surface area contributed by atoms with Gasteiger partial charge in [0.2, 0.25) is 5.43 Å². The summed E-state index contributed by atoms with van der Waals surface area (Å²) in [6.07, 6.45) is 1.15. The van der Waals surface area contributed by atoms with Crippen LogP contribution in [-0.2, 0) is 17.7 Å². The molecule has 156 valence electrons. The Balaban J connectivity index is 1.34. The fourth-order valence-corrected chi connectivity index (χ4v) is 4.52. The number of aromatic carboxylic acids is 1. The monoisotopic (exact) mass is 416 g/mol. The maximum Gasteiger partial charge on any atom is 0.410 e. The first kappa shape index (κ1) is 19.1. The van der Waals surface area contributed by atoms with Gasteiger partial charge in [0.1, 0.15) is 12.2 Å². The van der Waals surface area contributed by atoms with Gasteiger partial charge >= 0.3 is 12.1 Å². The Kier molecular flexibility index (Phi) is 4.58. The number of nitrogens with one attached hydrogen (secondary N) is 1. The zero-order valence-corrected chi connectivity index (χ0v) is 16.6. The number of hydrogen-bond acceptors (Lipinski definition) is 4. The Hall–Kier alpha value is -3.87. The lowest BCUT2D eigenvalue weighted by atomic mass is 9.98. The number of aromatic nitrogens is 1. The van der Waals surface area contributed by atoms with Gasteiger partial charge in [0.05, 0.1) is 6.54 Å². The van der Waals surface area contributed by atoms with Gasteiger partial charge in [-0.1, -0.05) is 48.5 Å². The van der Waals surface area contributed by atoms with E-state index < -0.39 is 17.5 Å². The average molecular weight is 416 g/mol. The average Bonchev–Trinajstić information content (AvgIpc) is 3.11. The van der Waals surface area contributed by atoms with E-state index in [1.54, 1.807) is 0 Å². The normalized spacial score (nSPS) is 14.5. The molecular weight excluding hydrogens is 396 g/mol. The van der Waals surface area contributed by atoms with Crippen LogP contribution in [0.2, 0.25) is 0 Å². The van der Waals surface area contributed by atoms with Crippen molar-refractivity contribution in [1.82, 2.24) is 9.88 Å². The van der Waals surface area contributed by atoms with Crippen LogP contribution in [0.3, 0.4) is 0 Å². The van der Waals surface area contributed by atoms with Crippen LogP contribution in [-0.4, -0.2) is 40.2 Å². The number of carboxylic acids is 1. The highest BCUT2D eigenvalue weighted by atomic mass is 16.6. The molecule has 1 aliphatic heterocycles. The van der Waals surface area contributed by atoms with E-state index in [0.717, 1.165) is 22.3 Å². The van der Waals surface area contributed by atoms with E-state index in [1.165, 1.54) is 11.1 Å². The summed E-state index contributed by atoms with van der Waals surface area (Å²) in [4.78, 5) is 40.9. The Morgan fingerprint density at radius 1 is 1.06 bits per heavy atom. The molecule has 1 amide bonds. The van der Waals surface area contributed by atoms with Gasteiger partial charge in [0.15, 0.2) is 0 Å². The van der Waals surface area contributed by atoms with Crippen LogP contribution in [0.25, 0.3) is 11.1 Å². The number of fused-ring (bicyclic) bond motifs is 4. The smallest absolute Gasteiger partial charge is 0.410 e. The summed E-state index contributed by atoms with van der Waals surface area (Å²) in [5, 5.41) is 9.18. The van der Waals surface area contributed by atoms with Crippen molar-refractivity contribution >= 4 is 12.1 Å². The van der Waals surface area contributed by atoms with Crippen LogP contribution < -0.4 is 5.43 Å². The molecule has 2 aliphatic rings. The van der Waals surface area contributed by atoms with Crippen LogP contribution >= 0.6 is 0 Å². The Labute approximate surface area is 177 Å².